The van der Waals surface area contributed by atoms with Crippen LogP contribution in [0.2, 0.25) is 0 Å². The topological polar surface area (TPSA) is 88.6 Å². The molecule has 0 aliphatic carbocycles. The quantitative estimate of drug-likeness (QED) is 0.407. The van der Waals surface area contributed by atoms with Crippen molar-refractivity contribution >= 4 is 35.2 Å². The Kier molecular flexibility index (Phi) is 7.55. The molecule has 0 bridgehead atoms. The molecule has 1 aliphatic rings. The summed E-state index contributed by atoms with van der Waals surface area (Å²) >= 11 is 1.42. The highest BCUT2D eigenvalue weighted by Crippen LogP contribution is 2.44. The minimum Gasteiger partial charge on any atom is -0.443 e. The maximum atomic E-state index is 13.1. The molecule has 1 N–H and O–H groups in total. The first-order valence-corrected chi connectivity index (χ1v) is 12.4. The van der Waals surface area contributed by atoms with E-state index in [0.717, 1.165) is 5.56 Å². The summed E-state index contributed by atoms with van der Waals surface area (Å²) in [6.07, 6.45) is 2.79. The van der Waals surface area contributed by atoms with Crippen LogP contribution in [-0.4, -0.2) is 33.3 Å². The number of carbonyl (C=O) groups is 3. The van der Waals surface area contributed by atoms with E-state index in [2.05, 4.69) is 10.3 Å². The zero-order valence-corrected chi connectivity index (χ0v) is 21.1. The minimum absolute atomic E-state index is 0.0418. The fourth-order valence-electron chi connectivity index (χ4n) is 3.68. The molecule has 1 aliphatic heterocycles. The Morgan fingerprint density at radius 3 is 2.44 bits per heavy atom. The van der Waals surface area contributed by atoms with E-state index < -0.39 is 11.7 Å². The molecule has 1 unspecified atom stereocenters. The van der Waals surface area contributed by atoms with Gasteiger partial charge in [-0.05, 0) is 44.4 Å². The van der Waals surface area contributed by atoms with Gasteiger partial charge in [0.1, 0.15) is 11.0 Å². The first kappa shape index (κ1) is 25.2. The lowest BCUT2D eigenvalue weighted by Gasteiger charge is -2.30. The van der Waals surface area contributed by atoms with Gasteiger partial charge in [0.05, 0.1) is 6.42 Å². The van der Waals surface area contributed by atoms with Crippen LogP contribution in [0.25, 0.3) is 0 Å². The van der Waals surface area contributed by atoms with E-state index in [4.69, 9.17) is 4.74 Å². The highest BCUT2D eigenvalue weighted by Gasteiger charge is 2.37. The number of pyridine rings is 1. The Morgan fingerprint density at radius 2 is 1.75 bits per heavy atom. The van der Waals surface area contributed by atoms with Crippen LogP contribution in [0.4, 0.5) is 10.5 Å². The lowest BCUT2D eigenvalue weighted by atomic mass is 10.0. The standard InChI is InChI=1S/C28H27N3O4S/c1-28(2,3)35-27(34)31-23(18-36-26(31)21-12-8-14-29-17-21)16-24(32)30-22-13-7-11-20(15-22)25(33)19-9-5-4-6-10-19/h4-15,17-18,26H,16H2,1-3H3,(H,30,32). The van der Waals surface area contributed by atoms with Crippen molar-refractivity contribution in [1.82, 2.24) is 9.88 Å². The molecule has 0 saturated heterocycles. The van der Waals surface area contributed by atoms with Gasteiger partial charge in [-0.15, -0.1) is 11.8 Å². The summed E-state index contributed by atoms with van der Waals surface area (Å²) in [6, 6.07) is 19.5. The van der Waals surface area contributed by atoms with Gasteiger partial charge >= 0.3 is 6.09 Å². The third-order valence-electron chi connectivity index (χ3n) is 5.22. The molecule has 0 spiro atoms. The average molecular weight is 502 g/mol. The first-order chi connectivity index (χ1) is 17.2. The number of nitrogens with one attached hydrogen (secondary N) is 1. The van der Waals surface area contributed by atoms with Crippen LogP contribution in [0.1, 0.15) is 54.1 Å². The van der Waals surface area contributed by atoms with Crippen molar-refractivity contribution < 1.29 is 19.1 Å². The van der Waals surface area contributed by atoms with E-state index >= 15 is 0 Å². The van der Waals surface area contributed by atoms with Crippen molar-refractivity contribution in [3.63, 3.8) is 0 Å². The molecule has 0 saturated carbocycles. The summed E-state index contributed by atoms with van der Waals surface area (Å²) in [4.78, 5) is 44.5. The van der Waals surface area contributed by atoms with Crippen molar-refractivity contribution in [2.75, 3.05) is 5.32 Å². The monoisotopic (exact) mass is 501 g/mol. The van der Waals surface area contributed by atoms with Crippen LogP contribution < -0.4 is 5.32 Å². The lowest BCUT2D eigenvalue weighted by molar-refractivity contribution is -0.115. The SMILES string of the molecule is CC(C)(C)OC(=O)N1C(CC(=O)Nc2cccc(C(=O)c3ccccc3)c2)=CSC1c1cccnc1. The van der Waals surface area contributed by atoms with Gasteiger partial charge in [0.15, 0.2) is 5.78 Å². The molecule has 0 radical (unpaired) electrons. The van der Waals surface area contributed by atoms with Gasteiger partial charge in [-0.2, -0.15) is 0 Å². The van der Waals surface area contributed by atoms with E-state index in [-0.39, 0.29) is 23.5 Å². The second kappa shape index (κ2) is 10.8. The van der Waals surface area contributed by atoms with Gasteiger partial charge in [0.25, 0.3) is 0 Å². The largest absolute Gasteiger partial charge is 0.443 e. The number of ketones is 1. The van der Waals surface area contributed by atoms with Crippen molar-refractivity contribution in [3.05, 3.63) is 107 Å². The molecule has 8 heteroatoms. The second-order valence-electron chi connectivity index (χ2n) is 9.24. The van der Waals surface area contributed by atoms with Gasteiger partial charge in [0.2, 0.25) is 5.91 Å². The van der Waals surface area contributed by atoms with Gasteiger partial charge in [-0.25, -0.2) is 4.79 Å². The number of hydrogen-bond donors (Lipinski definition) is 1. The molecule has 2 amide bonds. The second-order valence-corrected chi connectivity index (χ2v) is 10.2. The molecule has 2 heterocycles. The van der Waals surface area contributed by atoms with E-state index in [9.17, 15) is 14.4 Å². The van der Waals surface area contributed by atoms with E-state index in [1.807, 2.05) is 12.1 Å². The van der Waals surface area contributed by atoms with Crippen LogP contribution in [0.15, 0.2) is 90.2 Å². The van der Waals surface area contributed by atoms with Gasteiger partial charge in [-0.1, -0.05) is 48.5 Å². The van der Waals surface area contributed by atoms with Gasteiger partial charge in [-0.3, -0.25) is 19.5 Å². The van der Waals surface area contributed by atoms with Crippen LogP contribution in [0.5, 0.6) is 0 Å². The zero-order chi connectivity index (χ0) is 25.7. The zero-order valence-electron chi connectivity index (χ0n) is 20.3. The van der Waals surface area contributed by atoms with Crippen molar-refractivity contribution in [2.24, 2.45) is 0 Å². The predicted octanol–water partition coefficient (Wildman–Crippen LogP) is 6.17. The molecule has 3 aromatic rings. The van der Waals surface area contributed by atoms with Gasteiger partial charge < -0.3 is 10.1 Å². The van der Waals surface area contributed by atoms with E-state index in [0.29, 0.717) is 22.5 Å². The summed E-state index contributed by atoms with van der Waals surface area (Å²) in [5.74, 6) is -0.441. The fourth-order valence-corrected chi connectivity index (χ4v) is 4.80. The number of hydrogen-bond acceptors (Lipinski definition) is 6. The number of anilines is 1. The molecule has 184 valence electrons. The molecule has 1 atom stereocenters. The van der Waals surface area contributed by atoms with Crippen LogP contribution in [-0.2, 0) is 9.53 Å². The van der Waals surface area contributed by atoms with Crippen LogP contribution in [0.3, 0.4) is 0 Å². The molecule has 1 aromatic heterocycles. The highest BCUT2D eigenvalue weighted by molar-refractivity contribution is 8.02. The summed E-state index contributed by atoms with van der Waals surface area (Å²) < 4.78 is 5.63. The third kappa shape index (κ3) is 6.20. The van der Waals surface area contributed by atoms with Crippen molar-refractivity contribution in [2.45, 2.75) is 38.2 Å². The third-order valence-corrected chi connectivity index (χ3v) is 6.37. The summed E-state index contributed by atoms with van der Waals surface area (Å²) in [7, 11) is 0. The number of carbonyl (C=O) groups excluding carboxylic acids is 3. The number of amides is 2. The maximum absolute atomic E-state index is 13.1. The molecule has 4 rings (SSSR count). The molecule has 2 aromatic carbocycles. The Morgan fingerprint density at radius 1 is 1.00 bits per heavy atom. The number of thioether (sulfide) groups is 1. The van der Waals surface area contributed by atoms with Crippen LogP contribution >= 0.6 is 11.8 Å². The lowest BCUT2D eigenvalue weighted by Crippen LogP contribution is -2.36. The first-order valence-electron chi connectivity index (χ1n) is 11.5. The van der Waals surface area contributed by atoms with Crippen molar-refractivity contribution in [3.8, 4) is 0 Å². The van der Waals surface area contributed by atoms with E-state index in [1.165, 1.54) is 16.7 Å². The Balaban J connectivity index is 1.49. The molecular formula is C28H27N3O4S. The Labute approximate surface area is 214 Å². The maximum Gasteiger partial charge on any atom is 0.415 e. The molecular weight excluding hydrogens is 474 g/mol. The predicted molar refractivity (Wildman–Crippen MR) is 140 cm³/mol. The molecule has 36 heavy (non-hydrogen) atoms. The van der Waals surface area contributed by atoms with Crippen molar-refractivity contribution in [1.29, 1.82) is 0 Å². The normalized spacial score (nSPS) is 15.2. The number of ether oxygens (including phenoxy) is 1. The number of rotatable bonds is 6. The highest BCUT2D eigenvalue weighted by atomic mass is 32.2. The number of benzene rings is 2. The smallest absolute Gasteiger partial charge is 0.415 e. The number of aromatic nitrogens is 1. The summed E-state index contributed by atoms with van der Waals surface area (Å²) in [5.41, 5.74) is 2.21. The molecule has 0 fully saturated rings. The average Bonchev–Trinajstić information content (AvgIpc) is 3.27. The fraction of sp³-hybridized carbons (Fsp3) is 0.214. The summed E-state index contributed by atoms with van der Waals surface area (Å²) in [6.45, 7) is 5.40. The minimum atomic E-state index is -0.692. The van der Waals surface area contributed by atoms with Gasteiger partial charge in [0, 0.05) is 40.5 Å². The number of nitrogens with zero attached hydrogens (tertiary/aromatic N) is 2. The Hall–Kier alpha value is -3.91. The van der Waals surface area contributed by atoms with Crippen LogP contribution in [0, 0.1) is 0 Å². The summed E-state index contributed by atoms with van der Waals surface area (Å²) in [5, 5.41) is 4.26. The Bertz CT molecular complexity index is 1290. The molecule has 7 nitrogen and oxygen atoms in total. The van der Waals surface area contributed by atoms with E-state index in [1.54, 1.807) is 93.2 Å².